The van der Waals surface area contributed by atoms with Crippen LogP contribution in [-0.2, 0) is 6.61 Å². The molecule has 2 aromatic carbocycles. The molecule has 12 heteroatoms. The number of aliphatic hydroxyl groups excluding tert-OH is 1. The summed E-state index contributed by atoms with van der Waals surface area (Å²) in [4.78, 5) is 17.1. The van der Waals surface area contributed by atoms with Gasteiger partial charge in [0, 0.05) is 56.0 Å². The van der Waals surface area contributed by atoms with E-state index in [1.54, 1.807) is 36.7 Å². The Kier molecular flexibility index (Phi) is 11.5. The van der Waals surface area contributed by atoms with Gasteiger partial charge in [-0.25, -0.2) is 0 Å². The maximum atomic E-state index is 9.17. The first kappa shape index (κ1) is 34.9. The number of nitrogens with one attached hydrogen (secondary N) is 3. The Morgan fingerprint density at radius 2 is 1.15 bits per heavy atom. The Hall–Kier alpha value is -5.49. The molecule has 4 heterocycles. The highest BCUT2D eigenvalue weighted by Gasteiger charge is 2.16. The summed E-state index contributed by atoms with van der Waals surface area (Å²) < 4.78 is 23.3. The number of ether oxygens (including phenoxy) is 2. The molecule has 2 saturated carbocycles. The lowest BCUT2D eigenvalue weighted by atomic mass is 9.89. The van der Waals surface area contributed by atoms with Crippen molar-refractivity contribution in [3.63, 3.8) is 0 Å². The van der Waals surface area contributed by atoms with Gasteiger partial charge in [0.15, 0.2) is 11.2 Å². The zero-order valence-electron chi connectivity index (χ0n) is 29.2. The Balaban J connectivity index is 0.000000162. The number of hydrogen-bond acceptors (Lipinski definition) is 12. The summed E-state index contributed by atoms with van der Waals surface area (Å²) >= 11 is 0. The Morgan fingerprint density at radius 3 is 1.67 bits per heavy atom. The predicted octanol–water partition coefficient (Wildman–Crippen LogP) is 9.50. The highest BCUT2D eigenvalue weighted by Crippen LogP contribution is 2.30. The van der Waals surface area contributed by atoms with Crippen LogP contribution < -0.4 is 20.1 Å². The van der Waals surface area contributed by atoms with Gasteiger partial charge in [0.2, 0.25) is 0 Å². The number of aliphatic hydroxyl groups is 1. The Morgan fingerprint density at radius 1 is 0.654 bits per heavy atom. The van der Waals surface area contributed by atoms with Crippen molar-refractivity contribution in [3.05, 3.63) is 84.4 Å². The molecule has 0 unspecified atom stereocenters. The van der Waals surface area contributed by atoms with Crippen LogP contribution in [0.1, 0.15) is 75.6 Å². The molecular formula is C40H45N7O5. The van der Waals surface area contributed by atoms with E-state index in [1.807, 2.05) is 36.4 Å². The molecule has 2 aliphatic carbocycles. The van der Waals surface area contributed by atoms with Crippen LogP contribution >= 0.6 is 0 Å². The van der Waals surface area contributed by atoms with Gasteiger partial charge in [-0.15, -0.1) is 0 Å². The summed E-state index contributed by atoms with van der Waals surface area (Å²) in [7, 11) is 0. The standard InChI is InChI=1S/C20H22N4O2.C20H23N3O3/c21-12-15-10-17(8-9-22-15)25-16-6-7-18-19(11-16)26-20(24-18)23-13-14-4-2-1-3-5-14;24-13-15-10-17(8-9-21-15)25-16-6-7-18-19(11-16)26-20(23-18)22-12-14-4-2-1-3-5-14/h6-12,14,21H,1-5,13H2,(H,23,24);6-11,14,24H,1-5,12-13H2,(H,22,23). The van der Waals surface area contributed by atoms with E-state index in [1.165, 1.54) is 70.4 Å². The van der Waals surface area contributed by atoms with Crippen LogP contribution in [0.4, 0.5) is 12.0 Å². The second kappa shape index (κ2) is 17.1. The molecule has 2 aliphatic rings. The third-order valence-electron chi connectivity index (χ3n) is 9.58. The number of benzene rings is 2. The average molecular weight is 704 g/mol. The number of anilines is 2. The van der Waals surface area contributed by atoms with E-state index in [-0.39, 0.29) is 6.61 Å². The van der Waals surface area contributed by atoms with Gasteiger partial charge >= 0.3 is 0 Å². The van der Waals surface area contributed by atoms with Gasteiger partial charge in [-0.3, -0.25) is 9.97 Å². The number of oxazole rings is 2. The first-order valence-electron chi connectivity index (χ1n) is 18.3. The van der Waals surface area contributed by atoms with E-state index in [0.717, 1.165) is 24.1 Å². The van der Waals surface area contributed by atoms with Crippen molar-refractivity contribution < 1.29 is 23.4 Å². The second-order valence-corrected chi connectivity index (χ2v) is 13.5. The second-order valence-electron chi connectivity index (χ2n) is 13.5. The molecule has 0 atom stereocenters. The van der Waals surface area contributed by atoms with E-state index < -0.39 is 0 Å². The number of pyridine rings is 2. The summed E-state index contributed by atoms with van der Waals surface area (Å²) in [5.41, 5.74) is 4.10. The van der Waals surface area contributed by atoms with Crippen LogP contribution in [0.5, 0.6) is 23.0 Å². The van der Waals surface area contributed by atoms with Crippen molar-refractivity contribution in [3.8, 4) is 23.0 Å². The van der Waals surface area contributed by atoms with Crippen molar-refractivity contribution >= 4 is 40.4 Å². The summed E-state index contributed by atoms with van der Waals surface area (Å²) in [5.74, 6) is 4.00. The molecular weight excluding hydrogens is 658 g/mol. The van der Waals surface area contributed by atoms with E-state index in [9.17, 15) is 0 Å². The number of rotatable bonds is 12. The van der Waals surface area contributed by atoms with E-state index in [0.29, 0.717) is 69.4 Å². The molecule has 0 radical (unpaired) electrons. The highest BCUT2D eigenvalue weighted by molar-refractivity contribution is 5.77. The van der Waals surface area contributed by atoms with Gasteiger partial charge in [-0.2, -0.15) is 9.97 Å². The van der Waals surface area contributed by atoms with Gasteiger partial charge < -0.3 is 39.5 Å². The molecule has 4 N–H and O–H groups in total. The molecule has 12 nitrogen and oxygen atoms in total. The van der Waals surface area contributed by atoms with Crippen LogP contribution in [0.2, 0.25) is 0 Å². The van der Waals surface area contributed by atoms with Crippen LogP contribution in [0.25, 0.3) is 22.2 Å². The monoisotopic (exact) mass is 703 g/mol. The van der Waals surface area contributed by atoms with Crippen molar-refractivity contribution in [2.24, 2.45) is 11.8 Å². The fourth-order valence-corrected chi connectivity index (χ4v) is 6.78. The minimum absolute atomic E-state index is 0.117. The third-order valence-corrected chi connectivity index (χ3v) is 9.58. The zero-order chi connectivity index (χ0) is 35.5. The van der Waals surface area contributed by atoms with E-state index in [2.05, 4.69) is 30.6 Å². The molecule has 6 aromatic rings. The van der Waals surface area contributed by atoms with Gasteiger partial charge in [-0.1, -0.05) is 38.5 Å². The molecule has 0 aliphatic heterocycles. The van der Waals surface area contributed by atoms with Crippen LogP contribution in [0, 0.1) is 17.2 Å². The van der Waals surface area contributed by atoms with Crippen molar-refractivity contribution in [2.75, 3.05) is 23.7 Å². The molecule has 0 amide bonds. The first-order chi connectivity index (χ1) is 25.6. The van der Waals surface area contributed by atoms with Crippen molar-refractivity contribution in [1.82, 2.24) is 19.9 Å². The molecule has 0 saturated heterocycles. The largest absolute Gasteiger partial charge is 0.457 e. The van der Waals surface area contributed by atoms with Crippen molar-refractivity contribution in [2.45, 2.75) is 70.8 Å². The third kappa shape index (κ3) is 9.43. The van der Waals surface area contributed by atoms with Crippen LogP contribution in [0.15, 0.2) is 81.9 Å². The van der Waals surface area contributed by atoms with Gasteiger partial charge in [-0.05, 0) is 73.9 Å². The smallest absolute Gasteiger partial charge is 0.295 e. The number of fused-ring (bicyclic) bond motifs is 2. The lowest BCUT2D eigenvalue weighted by Crippen LogP contribution is -2.17. The van der Waals surface area contributed by atoms with Crippen molar-refractivity contribution in [1.29, 1.82) is 5.41 Å². The fourth-order valence-electron chi connectivity index (χ4n) is 6.78. The lowest BCUT2D eigenvalue weighted by Gasteiger charge is -2.21. The molecule has 270 valence electrons. The maximum Gasteiger partial charge on any atom is 0.295 e. The van der Waals surface area contributed by atoms with E-state index >= 15 is 0 Å². The minimum Gasteiger partial charge on any atom is -0.457 e. The predicted molar refractivity (Wildman–Crippen MR) is 201 cm³/mol. The summed E-state index contributed by atoms with van der Waals surface area (Å²) in [6.07, 6.45) is 17.6. The Labute approximate surface area is 302 Å². The number of nitrogens with zero attached hydrogens (tertiary/aromatic N) is 4. The first-order valence-corrected chi connectivity index (χ1v) is 18.3. The summed E-state index contributed by atoms with van der Waals surface area (Å²) in [6, 6.07) is 19.2. The molecule has 52 heavy (non-hydrogen) atoms. The minimum atomic E-state index is -0.117. The fraction of sp³-hybridized carbons (Fsp3) is 0.375. The molecule has 0 spiro atoms. The summed E-state index contributed by atoms with van der Waals surface area (Å²) in [5, 5.41) is 23.1. The van der Waals surface area contributed by atoms with Gasteiger partial charge in [0.25, 0.3) is 12.0 Å². The molecule has 8 rings (SSSR count). The molecule has 0 bridgehead atoms. The highest BCUT2D eigenvalue weighted by atomic mass is 16.5. The summed E-state index contributed by atoms with van der Waals surface area (Å²) in [6.45, 7) is 1.71. The Bertz CT molecular complexity index is 2070. The van der Waals surface area contributed by atoms with Gasteiger partial charge in [0.05, 0.1) is 18.0 Å². The van der Waals surface area contributed by atoms with Crippen LogP contribution in [-0.4, -0.2) is 44.3 Å². The lowest BCUT2D eigenvalue weighted by molar-refractivity contribution is 0.276. The van der Waals surface area contributed by atoms with Crippen LogP contribution in [0.3, 0.4) is 0 Å². The maximum absolute atomic E-state index is 9.17. The topological polar surface area (TPSA) is 164 Å². The van der Waals surface area contributed by atoms with Gasteiger partial charge in [0.1, 0.15) is 34.0 Å². The quantitative estimate of drug-likeness (QED) is 0.0897. The number of aromatic nitrogens is 4. The zero-order valence-corrected chi connectivity index (χ0v) is 29.2. The number of hydrogen-bond donors (Lipinski definition) is 4. The normalized spacial score (nSPS) is 15.2. The SMILES string of the molecule is N=Cc1cc(Oc2ccc3nc(NCC4CCCCC4)oc3c2)ccn1.OCc1cc(Oc2ccc3nc(NCC4CCCCC4)oc3c2)ccn1. The molecule has 4 aromatic heterocycles. The molecule has 2 fully saturated rings. The van der Waals surface area contributed by atoms with E-state index in [4.69, 9.17) is 28.8 Å². The average Bonchev–Trinajstić information content (AvgIpc) is 3.80.